The molecule has 19 heavy (non-hydrogen) atoms. The molecular formula is C13H17FN4O. The summed E-state index contributed by atoms with van der Waals surface area (Å²) in [5.41, 5.74) is 0.570. The van der Waals surface area contributed by atoms with Crippen LogP contribution in [0.25, 0.3) is 0 Å². The highest BCUT2D eigenvalue weighted by atomic mass is 19.1. The molecule has 0 saturated carbocycles. The molecule has 0 fully saturated rings. The Labute approximate surface area is 111 Å². The fraction of sp³-hybridized carbons (Fsp3) is 0.385. The van der Waals surface area contributed by atoms with Crippen LogP contribution in [0.2, 0.25) is 0 Å². The van der Waals surface area contributed by atoms with Gasteiger partial charge in [-0.05, 0) is 38.1 Å². The number of phenols is 1. The third-order valence-electron chi connectivity index (χ3n) is 2.94. The van der Waals surface area contributed by atoms with E-state index < -0.39 is 0 Å². The number of hydrogen-bond acceptors (Lipinski definition) is 4. The number of aromatic hydroxyl groups is 1. The highest BCUT2D eigenvalue weighted by Crippen LogP contribution is 2.24. The Balaban J connectivity index is 1.80. The van der Waals surface area contributed by atoms with Crippen LogP contribution in [0.15, 0.2) is 30.6 Å². The Morgan fingerprint density at radius 3 is 3.05 bits per heavy atom. The van der Waals surface area contributed by atoms with Gasteiger partial charge in [0.25, 0.3) is 0 Å². The first kappa shape index (κ1) is 13.5. The quantitative estimate of drug-likeness (QED) is 0.782. The summed E-state index contributed by atoms with van der Waals surface area (Å²) < 4.78 is 14.9. The number of rotatable bonds is 6. The second-order valence-electron chi connectivity index (χ2n) is 4.40. The molecule has 0 bridgehead atoms. The second-order valence-corrected chi connectivity index (χ2v) is 4.40. The lowest BCUT2D eigenvalue weighted by atomic mass is 10.1. The third kappa shape index (κ3) is 3.75. The van der Waals surface area contributed by atoms with Crippen molar-refractivity contribution in [2.24, 2.45) is 0 Å². The van der Waals surface area contributed by atoms with Crippen molar-refractivity contribution < 1.29 is 9.50 Å². The molecule has 0 saturated heterocycles. The largest absolute Gasteiger partial charge is 0.508 e. The molecule has 2 aromatic rings. The van der Waals surface area contributed by atoms with Gasteiger partial charge in [0.15, 0.2) is 0 Å². The molecule has 6 heteroatoms. The number of nitrogens with zero attached hydrogens (tertiary/aromatic N) is 3. The Bertz CT molecular complexity index is 515. The van der Waals surface area contributed by atoms with E-state index in [0.717, 1.165) is 19.5 Å². The van der Waals surface area contributed by atoms with E-state index >= 15 is 0 Å². The van der Waals surface area contributed by atoms with Gasteiger partial charge in [0, 0.05) is 24.3 Å². The molecule has 0 aliphatic rings. The summed E-state index contributed by atoms with van der Waals surface area (Å²) in [4.78, 5) is 0. The van der Waals surface area contributed by atoms with Gasteiger partial charge in [-0.15, -0.1) is 5.10 Å². The van der Waals surface area contributed by atoms with Crippen LogP contribution in [0, 0.1) is 5.82 Å². The minimum absolute atomic E-state index is 0.105. The van der Waals surface area contributed by atoms with Crippen molar-refractivity contribution in [1.29, 1.82) is 0 Å². The van der Waals surface area contributed by atoms with Crippen molar-refractivity contribution in [3.8, 4) is 5.75 Å². The first-order valence-electron chi connectivity index (χ1n) is 6.22. The lowest BCUT2D eigenvalue weighted by Gasteiger charge is -2.15. The molecule has 102 valence electrons. The lowest BCUT2D eigenvalue weighted by Crippen LogP contribution is -2.21. The molecular weight excluding hydrogens is 247 g/mol. The van der Waals surface area contributed by atoms with Gasteiger partial charge in [-0.1, -0.05) is 5.21 Å². The maximum Gasteiger partial charge on any atom is 0.123 e. The van der Waals surface area contributed by atoms with Gasteiger partial charge in [0.05, 0.1) is 6.20 Å². The highest BCUT2D eigenvalue weighted by Gasteiger charge is 2.10. The molecule has 1 heterocycles. The van der Waals surface area contributed by atoms with Gasteiger partial charge >= 0.3 is 0 Å². The molecule has 0 radical (unpaired) electrons. The second kappa shape index (κ2) is 6.29. The van der Waals surface area contributed by atoms with Gasteiger partial charge in [0.1, 0.15) is 11.6 Å². The van der Waals surface area contributed by atoms with E-state index in [4.69, 9.17) is 0 Å². The molecule has 2 rings (SSSR count). The maximum atomic E-state index is 13.1. The minimum atomic E-state index is -0.343. The predicted octanol–water partition coefficient (Wildman–Crippen LogP) is 1.86. The van der Waals surface area contributed by atoms with Gasteiger partial charge in [-0.2, -0.15) is 0 Å². The van der Waals surface area contributed by atoms with Crippen molar-refractivity contribution >= 4 is 0 Å². The maximum absolute atomic E-state index is 13.1. The molecule has 2 N–H and O–H groups in total. The van der Waals surface area contributed by atoms with Crippen LogP contribution in [0.3, 0.4) is 0 Å². The summed E-state index contributed by atoms with van der Waals surface area (Å²) in [7, 11) is 0. The topological polar surface area (TPSA) is 63.0 Å². The molecule has 0 amide bonds. The molecule has 1 unspecified atom stereocenters. The van der Waals surface area contributed by atoms with E-state index in [1.807, 2.05) is 13.1 Å². The van der Waals surface area contributed by atoms with Crippen molar-refractivity contribution in [2.75, 3.05) is 6.54 Å². The molecule has 1 atom stereocenters. The summed E-state index contributed by atoms with van der Waals surface area (Å²) in [6.07, 6.45) is 4.33. The van der Waals surface area contributed by atoms with Gasteiger partial charge < -0.3 is 10.4 Å². The van der Waals surface area contributed by atoms with Crippen LogP contribution in [-0.2, 0) is 6.54 Å². The predicted molar refractivity (Wildman–Crippen MR) is 69.1 cm³/mol. The Hall–Kier alpha value is -1.95. The number of benzene rings is 1. The van der Waals surface area contributed by atoms with Crippen molar-refractivity contribution in [2.45, 2.75) is 25.9 Å². The number of nitrogens with one attached hydrogen (secondary N) is 1. The average molecular weight is 264 g/mol. The lowest BCUT2D eigenvalue weighted by molar-refractivity contribution is 0.443. The zero-order valence-electron chi connectivity index (χ0n) is 10.8. The van der Waals surface area contributed by atoms with Gasteiger partial charge in [0.2, 0.25) is 0 Å². The number of aromatic nitrogens is 3. The minimum Gasteiger partial charge on any atom is -0.508 e. The smallest absolute Gasteiger partial charge is 0.123 e. The Morgan fingerprint density at radius 2 is 2.32 bits per heavy atom. The van der Waals surface area contributed by atoms with Crippen LogP contribution in [-0.4, -0.2) is 26.6 Å². The number of phenolic OH excluding ortho intramolecular Hbond substituents is 1. The normalized spacial score (nSPS) is 12.5. The Morgan fingerprint density at radius 1 is 1.47 bits per heavy atom. The van der Waals surface area contributed by atoms with Crippen LogP contribution in [0.1, 0.15) is 24.9 Å². The van der Waals surface area contributed by atoms with E-state index in [9.17, 15) is 9.50 Å². The summed E-state index contributed by atoms with van der Waals surface area (Å²) in [6, 6.07) is 3.87. The SMILES string of the molecule is CC(NCCCn1ccnn1)c1cc(F)ccc1O. The molecule has 5 nitrogen and oxygen atoms in total. The van der Waals surface area contributed by atoms with Crippen molar-refractivity contribution in [1.82, 2.24) is 20.3 Å². The first-order valence-corrected chi connectivity index (χ1v) is 6.22. The average Bonchev–Trinajstić information content (AvgIpc) is 2.90. The fourth-order valence-corrected chi connectivity index (χ4v) is 1.89. The van der Waals surface area contributed by atoms with E-state index in [1.165, 1.54) is 18.2 Å². The van der Waals surface area contributed by atoms with Crippen LogP contribution in [0.5, 0.6) is 5.75 Å². The highest BCUT2D eigenvalue weighted by molar-refractivity contribution is 5.34. The molecule has 0 aliphatic heterocycles. The van der Waals surface area contributed by atoms with E-state index in [-0.39, 0.29) is 17.6 Å². The van der Waals surface area contributed by atoms with Gasteiger partial charge in [-0.3, -0.25) is 4.68 Å². The fourth-order valence-electron chi connectivity index (χ4n) is 1.89. The summed E-state index contributed by atoms with van der Waals surface area (Å²) in [5.74, 6) is -0.234. The van der Waals surface area contributed by atoms with Crippen LogP contribution < -0.4 is 5.32 Å². The standard InChI is InChI=1S/C13H17FN4O/c1-10(12-9-11(14)3-4-13(12)19)15-5-2-7-18-8-6-16-17-18/h3-4,6,8-10,15,19H,2,5,7H2,1H3. The zero-order valence-corrected chi connectivity index (χ0v) is 10.8. The third-order valence-corrected chi connectivity index (χ3v) is 2.94. The zero-order chi connectivity index (χ0) is 13.7. The summed E-state index contributed by atoms with van der Waals surface area (Å²) >= 11 is 0. The van der Waals surface area contributed by atoms with Gasteiger partial charge in [-0.25, -0.2) is 4.39 Å². The van der Waals surface area contributed by atoms with Crippen molar-refractivity contribution in [3.63, 3.8) is 0 Å². The van der Waals surface area contributed by atoms with E-state index in [2.05, 4.69) is 15.6 Å². The summed E-state index contributed by atoms with van der Waals surface area (Å²) in [5, 5.41) is 20.5. The first-order chi connectivity index (χ1) is 9.16. The monoisotopic (exact) mass is 264 g/mol. The van der Waals surface area contributed by atoms with E-state index in [1.54, 1.807) is 10.9 Å². The van der Waals surface area contributed by atoms with E-state index in [0.29, 0.717) is 5.56 Å². The number of hydrogen-bond donors (Lipinski definition) is 2. The molecule has 0 spiro atoms. The molecule has 1 aromatic carbocycles. The molecule has 1 aromatic heterocycles. The van der Waals surface area contributed by atoms with Crippen molar-refractivity contribution in [3.05, 3.63) is 42.0 Å². The molecule has 0 aliphatic carbocycles. The number of aryl methyl sites for hydroxylation is 1. The summed E-state index contributed by atoms with van der Waals surface area (Å²) in [6.45, 7) is 3.41. The van der Waals surface area contributed by atoms with Crippen LogP contribution >= 0.6 is 0 Å². The number of halogens is 1. The van der Waals surface area contributed by atoms with Crippen LogP contribution in [0.4, 0.5) is 4.39 Å². The Kier molecular flexibility index (Phi) is 4.46.